The lowest BCUT2D eigenvalue weighted by Gasteiger charge is -2.36. The fourth-order valence-corrected chi connectivity index (χ4v) is 6.39. The Labute approximate surface area is 277 Å². The first kappa shape index (κ1) is 35.1. The van der Waals surface area contributed by atoms with E-state index in [-0.39, 0.29) is 39.0 Å². The molecule has 12 heteroatoms. The molecular formula is C34H47ClN6O5. The Bertz CT molecular complexity index is 1710. The summed E-state index contributed by atoms with van der Waals surface area (Å²) in [5, 5.41) is 4.03. The summed E-state index contributed by atoms with van der Waals surface area (Å²) >= 11 is 0. The molecule has 2 aromatic heterocycles. The second-order valence-electron chi connectivity index (χ2n) is 11.5. The standard InChI is InChI=1S/C32H38N6O5.C2H6.ClH.H2/c1-5-7-8-13-37-19-34-23-10-9-11-24-27(23)29(37)20-16-38-25(28(20)35-24)15-22-21(30(38)40)18-42-31(41)32(22,6-2)43-26(39)17-36(4)14-12-33-3;1-2;;/h9-11,15,19,33H,5-8,12-14,16-18H2,1-4H3;1-2H3;2*1H/t32-;;;/m0.../s1. The van der Waals surface area contributed by atoms with Crippen LogP contribution in [0, 0.1) is 0 Å². The summed E-state index contributed by atoms with van der Waals surface area (Å²) in [4.78, 5) is 54.3. The number of carbonyl (C=O) groups is 2. The number of hydrogen-bond donors (Lipinski definition) is 1. The monoisotopic (exact) mass is 654 g/mol. The van der Waals surface area contributed by atoms with E-state index in [2.05, 4.69) is 17.1 Å². The van der Waals surface area contributed by atoms with Crippen LogP contribution in [0.5, 0.6) is 0 Å². The van der Waals surface area contributed by atoms with Gasteiger partial charge in [0, 0.05) is 32.2 Å². The van der Waals surface area contributed by atoms with Gasteiger partial charge in [-0.05, 0) is 45.1 Å². The maximum atomic E-state index is 14.1. The van der Waals surface area contributed by atoms with Crippen LogP contribution in [0.4, 0.5) is 11.4 Å². The van der Waals surface area contributed by atoms with Crippen molar-refractivity contribution in [2.75, 3.05) is 45.2 Å². The number of carbonyl (C=O) groups excluding carboxylic acids is 2. The third kappa shape index (κ3) is 6.03. The number of cyclic esters (lactones) is 1. The van der Waals surface area contributed by atoms with Gasteiger partial charge >= 0.3 is 11.9 Å². The van der Waals surface area contributed by atoms with Crippen LogP contribution >= 0.6 is 12.4 Å². The number of halogens is 1. The minimum absolute atomic E-state index is 0. The van der Waals surface area contributed by atoms with Crippen LogP contribution in [0.1, 0.15) is 71.5 Å². The predicted molar refractivity (Wildman–Crippen MR) is 186 cm³/mol. The van der Waals surface area contributed by atoms with Crippen LogP contribution in [0.2, 0.25) is 0 Å². The molecule has 1 aromatic carbocycles. The number of fused-ring (bicyclic) bond motifs is 5. The molecule has 0 unspecified atom stereocenters. The molecular weight excluding hydrogens is 608 g/mol. The van der Waals surface area contributed by atoms with E-state index >= 15 is 0 Å². The van der Waals surface area contributed by atoms with Crippen molar-refractivity contribution in [2.24, 2.45) is 4.99 Å². The number of anilines is 1. The van der Waals surface area contributed by atoms with E-state index in [1.54, 1.807) is 11.5 Å². The van der Waals surface area contributed by atoms with Crippen molar-refractivity contribution in [3.63, 3.8) is 0 Å². The minimum Gasteiger partial charge on any atom is -0.457 e. The topological polar surface area (TPSA) is 118 Å². The van der Waals surface area contributed by atoms with Crippen LogP contribution in [-0.2, 0) is 37.8 Å². The quantitative estimate of drug-likeness (QED) is 0.173. The van der Waals surface area contributed by atoms with Gasteiger partial charge in [0.25, 0.3) is 5.56 Å². The fourth-order valence-electron chi connectivity index (χ4n) is 6.39. The summed E-state index contributed by atoms with van der Waals surface area (Å²) in [6, 6.07) is 7.70. The maximum absolute atomic E-state index is 14.1. The molecule has 1 N–H and O–H groups in total. The molecule has 250 valence electrons. The van der Waals surface area contributed by atoms with Gasteiger partial charge in [-0.3, -0.25) is 14.5 Å². The Morgan fingerprint density at radius 1 is 1.20 bits per heavy atom. The van der Waals surface area contributed by atoms with Crippen molar-refractivity contribution < 1.29 is 20.5 Å². The van der Waals surface area contributed by atoms with E-state index in [0.717, 1.165) is 53.6 Å². The summed E-state index contributed by atoms with van der Waals surface area (Å²) in [6.07, 6.45) is 5.23. The molecule has 0 spiro atoms. The molecule has 3 aliphatic rings. The predicted octanol–water partition coefficient (Wildman–Crippen LogP) is 5.15. The number of aromatic nitrogens is 2. The molecule has 0 aliphatic carbocycles. The van der Waals surface area contributed by atoms with E-state index in [0.29, 0.717) is 42.1 Å². The van der Waals surface area contributed by atoms with Crippen LogP contribution in [0.3, 0.4) is 0 Å². The van der Waals surface area contributed by atoms with Crippen molar-refractivity contribution in [1.82, 2.24) is 19.8 Å². The number of nitrogens with one attached hydrogen (secondary N) is 1. The van der Waals surface area contributed by atoms with Crippen LogP contribution in [0.15, 0.2) is 34.1 Å². The smallest absolute Gasteiger partial charge is 0.355 e. The van der Waals surface area contributed by atoms with E-state index in [1.807, 2.05) is 63.4 Å². The van der Waals surface area contributed by atoms with Gasteiger partial charge in [-0.2, -0.15) is 0 Å². The van der Waals surface area contributed by atoms with Crippen molar-refractivity contribution in [3.8, 4) is 11.4 Å². The Kier molecular flexibility index (Phi) is 11.2. The van der Waals surface area contributed by atoms with Gasteiger partial charge in [0.2, 0.25) is 5.60 Å². The first-order valence-corrected chi connectivity index (χ1v) is 16.1. The Morgan fingerprint density at radius 2 is 1.98 bits per heavy atom. The van der Waals surface area contributed by atoms with E-state index in [1.165, 1.54) is 0 Å². The van der Waals surface area contributed by atoms with Crippen LogP contribution < -0.4 is 15.8 Å². The number of rotatable bonds is 11. The number of aliphatic imine (C=N–C) groups is 1. The SMILES string of the molecule is CC.CCCCCN1C=Nc2cccc3nc4c(c1c23)Cn1c-4cc2c(c1=O)COC(=O)[C@@]2(CC)OC(=O)CN(C)CCNC.Cl.[HH]. The third-order valence-electron chi connectivity index (χ3n) is 8.69. The summed E-state index contributed by atoms with van der Waals surface area (Å²) < 4.78 is 13.2. The fraction of sp³-hybridized carbons (Fsp3) is 0.500. The van der Waals surface area contributed by atoms with E-state index < -0.39 is 17.5 Å². The second-order valence-corrected chi connectivity index (χ2v) is 11.5. The highest BCUT2D eigenvalue weighted by atomic mass is 35.5. The number of esters is 2. The molecule has 1 atom stereocenters. The number of nitrogens with zero attached hydrogens (tertiary/aromatic N) is 5. The molecule has 0 saturated heterocycles. The lowest BCUT2D eigenvalue weighted by molar-refractivity contribution is -0.189. The maximum Gasteiger partial charge on any atom is 0.355 e. The first-order chi connectivity index (χ1) is 21.8. The molecule has 6 rings (SSSR count). The molecule has 0 amide bonds. The summed E-state index contributed by atoms with van der Waals surface area (Å²) in [7, 11) is 3.65. The lowest BCUT2D eigenvalue weighted by Crippen LogP contribution is -2.48. The van der Waals surface area contributed by atoms with Crippen molar-refractivity contribution in [2.45, 2.75) is 72.1 Å². The third-order valence-corrected chi connectivity index (χ3v) is 8.69. The molecule has 5 heterocycles. The van der Waals surface area contributed by atoms with Gasteiger partial charge in [0.1, 0.15) is 6.61 Å². The molecule has 0 bridgehead atoms. The molecule has 0 saturated carbocycles. The zero-order chi connectivity index (χ0) is 32.3. The normalized spacial score (nSPS) is 17.0. The second kappa shape index (κ2) is 14.7. The zero-order valence-electron chi connectivity index (χ0n) is 27.6. The highest BCUT2D eigenvalue weighted by Gasteiger charge is 2.50. The van der Waals surface area contributed by atoms with Gasteiger partial charge in [0.05, 0.1) is 58.7 Å². The summed E-state index contributed by atoms with van der Waals surface area (Å²) in [5.41, 5.74) is 3.63. The molecule has 3 aromatic rings. The van der Waals surface area contributed by atoms with Gasteiger partial charge in [-0.15, -0.1) is 12.4 Å². The average molecular weight is 655 g/mol. The highest BCUT2D eigenvalue weighted by molar-refractivity contribution is 6.11. The van der Waals surface area contributed by atoms with Crippen molar-refractivity contribution in [1.29, 1.82) is 0 Å². The number of unbranched alkanes of at least 4 members (excludes halogenated alkanes) is 2. The Morgan fingerprint density at radius 3 is 2.70 bits per heavy atom. The summed E-state index contributed by atoms with van der Waals surface area (Å²) in [6.45, 7) is 10.2. The van der Waals surface area contributed by atoms with Gasteiger partial charge in [0.15, 0.2) is 0 Å². The molecule has 3 aliphatic heterocycles. The van der Waals surface area contributed by atoms with E-state index in [9.17, 15) is 14.4 Å². The first-order valence-electron chi connectivity index (χ1n) is 16.1. The van der Waals surface area contributed by atoms with Gasteiger partial charge in [-0.1, -0.05) is 46.6 Å². The Hall–Kier alpha value is -3.80. The van der Waals surface area contributed by atoms with Crippen LogP contribution in [0.25, 0.3) is 22.3 Å². The zero-order valence-corrected chi connectivity index (χ0v) is 28.5. The number of pyridine rings is 2. The highest BCUT2D eigenvalue weighted by Crippen LogP contribution is 2.47. The number of benzene rings is 1. The summed E-state index contributed by atoms with van der Waals surface area (Å²) in [5.74, 6) is -1.23. The minimum atomic E-state index is -1.72. The number of ether oxygens (including phenoxy) is 2. The molecule has 0 fully saturated rings. The average Bonchev–Trinajstić information content (AvgIpc) is 3.42. The van der Waals surface area contributed by atoms with Crippen molar-refractivity contribution in [3.05, 3.63) is 51.3 Å². The molecule has 46 heavy (non-hydrogen) atoms. The van der Waals surface area contributed by atoms with Gasteiger partial charge < -0.3 is 24.3 Å². The Balaban J connectivity index is 0.00000147. The molecule has 11 nitrogen and oxygen atoms in total. The van der Waals surface area contributed by atoms with Gasteiger partial charge in [-0.25, -0.2) is 14.8 Å². The lowest BCUT2D eigenvalue weighted by atomic mass is 9.85. The van der Waals surface area contributed by atoms with E-state index in [4.69, 9.17) is 19.5 Å². The number of likely N-dealkylation sites (N-methyl/N-ethyl adjacent to an activating group) is 2. The molecule has 0 radical (unpaired) electrons. The van der Waals surface area contributed by atoms with Crippen LogP contribution in [-0.4, -0.2) is 73.0 Å². The largest absolute Gasteiger partial charge is 0.457 e. The van der Waals surface area contributed by atoms with Crippen molar-refractivity contribution >= 4 is 53.0 Å². The number of hydrogen-bond acceptors (Lipinski definition) is 10.